The summed E-state index contributed by atoms with van der Waals surface area (Å²) in [5.41, 5.74) is 0.268. The normalized spacial score (nSPS) is 19.7. The summed E-state index contributed by atoms with van der Waals surface area (Å²) in [6.07, 6.45) is 1.77. The largest absolute Gasteiger partial charge is 0.441 e. The van der Waals surface area contributed by atoms with Gasteiger partial charge in [-0.15, -0.1) is 5.10 Å². The molecular weight excluding hydrogens is 476 g/mol. The standard InChI is InChI=1S/C22H21ClN8O4/c1-12(15-4-3-7-25-18(15)23)35-21(33)28-19-17(29-30-31(19)2)16-6-5-14(10-26-16)27-20(32)13-8-22(34,9-13)11-24/h3-7,10,12-13,34H,8-9H2,1-2H3,(H,27,32)(H,28,33)/t12-,13?,22?/m1/s1. The molecule has 13 heteroatoms. The molecule has 180 valence electrons. The maximum Gasteiger partial charge on any atom is 0.413 e. The molecule has 1 fully saturated rings. The van der Waals surface area contributed by atoms with Crippen LogP contribution in [0.5, 0.6) is 0 Å². The van der Waals surface area contributed by atoms with Gasteiger partial charge in [-0.05, 0) is 25.1 Å². The fraction of sp³-hybridized carbons (Fsp3) is 0.318. The van der Waals surface area contributed by atoms with Gasteiger partial charge in [0.1, 0.15) is 11.3 Å². The lowest BCUT2D eigenvalue weighted by molar-refractivity contribution is -0.130. The Balaban J connectivity index is 1.41. The number of nitriles is 1. The van der Waals surface area contributed by atoms with Crippen LogP contribution in [0, 0.1) is 17.2 Å². The summed E-state index contributed by atoms with van der Waals surface area (Å²) in [5, 5.41) is 32.2. The molecule has 12 nitrogen and oxygen atoms in total. The van der Waals surface area contributed by atoms with E-state index in [0.29, 0.717) is 22.6 Å². The Labute approximate surface area is 204 Å². The van der Waals surface area contributed by atoms with Crippen LogP contribution in [-0.2, 0) is 16.6 Å². The molecule has 35 heavy (non-hydrogen) atoms. The number of carbonyl (C=O) groups excluding carboxylic acids is 2. The number of pyridine rings is 2. The molecule has 1 aliphatic carbocycles. The van der Waals surface area contributed by atoms with Gasteiger partial charge in [0.05, 0.1) is 23.6 Å². The molecule has 4 rings (SSSR count). The number of nitrogens with zero attached hydrogens (tertiary/aromatic N) is 6. The van der Waals surface area contributed by atoms with Crippen molar-refractivity contribution in [2.24, 2.45) is 13.0 Å². The lowest BCUT2D eigenvalue weighted by Crippen LogP contribution is -2.47. The van der Waals surface area contributed by atoms with Crippen LogP contribution in [0.2, 0.25) is 5.15 Å². The number of anilines is 2. The Kier molecular flexibility index (Phi) is 6.63. The number of ether oxygens (including phenoxy) is 1. The molecule has 2 amide bonds. The Morgan fingerprint density at radius 1 is 1.31 bits per heavy atom. The summed E-state index contributed by atoms with van der Waals surface area (Å²) in [7, 11) is 1.60. The third-order valence-electron chi connectivity index (χ3n) is 5.58. The van der Waals surface area contributed by atoms with E-state index in [4.69, 9.17) is 21.6 Å². The van der Waals surface area contributed by atoms with E-state index < -0.39 is 23.7 Å². The first kappa shape index (κ1) is 24.1. The van der Waals surface area contributed by atoms with Gasteiger partial charge in [-0.3, -0.25) is 15.1 Å². The van der Waals surface area contributed by atoms with Crippen molar-refractivity contribution in [2.75, 3.05) is 10.6 Å². The summed E-state index contributed by atoms with van der Waals surface area (Å²) in [6, 6.07) is 8.43. The molecule has 0 aliphatic heterocycles. The van der Waals surface area contributed by atoms with Crippen molar-refractivity contribution in [3.63, 3.8) is 0 Å². The van der Waals surface area contributed by atoms with Crippen molar-refractivity contribution in [3.05, 3.63) is 47.4 Å². The molecule has 3 heterocycles. The lowest BCUT2D eigenvalue weighted by Gasteiger charge is -2.36. The zero-order valence-electron chi connectivity index (χ0n) is 18.8. The van der Waals surface area contributed by atoms with Gasteiger partial charge in [0.25, 0.3) is 0 Å². The second-order valence-electron chi connectivity index (χ2n) is 8.14. The molecule has 0 aromatic carbocycles. The minimum Gasteiger partial charge on any atom is -0.441 e. The monoisotopic (exact) mass is 496 g/mol. The van der Waals surface area contributed by atoms with Gasteiger partial charge < -0.3 is 15.2 Å². The number of halogens is 1. The Bertz CT molecular complexity index is 1300. The molecule has 0 spiro atoms. The molecule has 3 aromatic heterocycles. The van der Waals surface area contributed by atoms with E-state index >= 15 is 0 Å². The number of carbonyl (C=O) groups is 2. The number of aromatic nitrogens is 5. The number of hydrogen-bond donors (Lipinski definition) is 3. The topological polar surface area (TPSA) is 168 Å². The van der Waals surface area contributed by atoms with Crippen molar-refractivity contribution in [3.8, 4) is 17.5 Å². The van der Waals surface area contributed by atoms with Crippen molar-refractivity contribution in [1.82, 2.24) is 25.0 Å². The van der Waals surface area contributed by atoms with Crippen molar-refractivity contribution >= 4 is 35.1 Å². The van der Waals surface area contributed by atoms with Gasteiger partial charge in [-0.1, -0.05) is 22.9 Å². The number of aliphatic hydroxyl groups is 1. The maximum absolute atomic E-state index is 12.5. The highest BCUT2D eigenvalue weighted by Crippen LogP contribution is 2.38. The van der Waals surface area contributed by atoms with Crippen LogP contribution in [0.3, 0.4) is 0 Å². The first-order valence-electron chi connectivity index (χ1n) is 10.6. The Morgan fingerprint density at radius 3 is 2.74 bits per heavy atom. The summed E-state index contributed by atoms with van der Waals surface area (Å²) in [6.45, 7) is 1.67. The van der Waals surface area contributed by atoms with Gasteiger partial charge in [-0.2, -0.15) is 5.26 Å². The molecule has 3 N–H and O–H groups in total. The molecule has 1 saturated carbocycles. The highest BCUT2D eigenvalue weighted by atomic mass is 35.5. The summed E-state index contributed by atoms with van der Waals surface area (Å²) >= 11 is 6.06. The average Bonchev–Trinajstić information content (AvgIpc) is 3.17. The van der Waals surface area contributed by atoms with E-state index in [1.807, 2.05) is 0 Å². The fourth-order valence-electron chi connectivity index (χ4n) is 3.61. The van der Waals surface area contributed by atoms with Crippen LogP contribution < -0.4 is 10.6 Å². The SMILES string of the molecule is C[C@@H](OC(=O)Nc1c(-c2ccc(NC(=O)C3CC(O)(C#N)C3)cn2)nnn1C)c1cccnc1Cl. The van der Waals surface area contributed by atoms with Gasteiger partial charge >= 0.3 is 6.09 Å². The lowest BCUT2D eigenvalue weighted by atomic mass is 9.71. The maximum atomic E-state index is 12.5. The van der Waals surface area contributed by atoms with Gasteiger partial charge in [0, 0.05) is 37.6 Å². The number of aryl methyl sites for hydroxylation is 1. The van der Waals surface area contributed by atoms with Crippen LogP contribution >= 0.6 is 11.6 Å². The smallest absolute Gasteiger partial charge is 0.413 e. The van der Waals surface area contributed by atoms with Crippen LogP contribution in [-0.4, -0.2) is 47.7 Å². The second kappa shape index (κ2) is 9.65. The summed E-state index contributed by atoms with van der Waals surface area (Å²) < 4.78 is 6.78. The van der Waals surface area contributed by atoms with E-state index in [-0.39, 0.29) is 29.7 Å². The second-order valence-corrected chi connectivity index (χ2v) is 8.49. The van der Waals surface area contributed by atoms with Crippen LogP contribution in [0.15, 0.2) is 36.7 Å². The van der Waals surface area contributed by atoms with E-state index in [1.54, 1.807) is 44.3 Å². The average molecular weight is 497 g/mol. The van der Waals surface area contributed by atoms with Gasteiger partial charge in [0.15, 0.2) is 17.1 Å². The molecule has 3 aromatic rings. The highest BCUT2D eigenvalue weighted by Gasteiger charge is 2.46. The first-order valence-corrected chi connectivity index (χ1v) is 11.0. The highest BCUT2D eigenvalue weighted by molar-refractivity contribution is 6.30. The predicted octanol–water partition coefficient (Wildman–Crippen LogP) is 2.84. The van der Waals surface area contributed by atoms with Gasteiger partial charge in [-0.25, -0.2) is 14.5 Å². The van der Waals surface area contributed by atoms with E-state index in [0.717, 1.165) is 0 Å². The van der Waals surface area contributed by atoms with Crippen molar-refractivity contribution in [2.45, 2.75) is 31.5 Å². The first-order chi connectivity index (χ1) is 16.7. The zero-order valence-corrected chi connectivity index (χ0v) is 19.5. The van der Waals surface area contributed by atoms with Crippen molar-refractivity contribution in [1.29, 1.82) is 5.26 Å². The quantitative estimate of drug-likeness (QED) is 0.343. The molecule has 0 radical (unpaired) electrons. The van der Waals surface area contributed by atoms with Crippen LogP contribution in [0.4, 0.5) is 16.3 Å². The molecule has 0 saturated heterocycles. The molecular formula is C22H21ClN8O4. The zero-order chi connectivity index (χ0) is 25.2. The third kappa shape index (κ3) is 5.21. The summed E-state index contributed by atoms with van der Waals surface area (Å²) in [4.78, 5) is 33.1. The van der Waals surface area contributed by atoms with E-state index in [2.05, 4.69) is 30.9 Å². The predicted molar refractivity (Wildman–Crippen MR) is 124 cm³/mol. The molecule has 0 bridgehead atoms. The van der Waals surface area contributed by atoms with E-state index in [1.165, 1.54) is 17.1 Å². The Morgan fingerprint density at radius 2 is 2.09 bits per heavy atom. The number of hydrogen-bond acceptors (Lipinski definition) is 9. The fourth-order valence-corrected chi connectivity index (χ4v) is 3.88. The van der Waals surface area contributed by atoms with E-state index in [9.17, 15) is 14.7 Å². The minimum atomic E-state index is -1.43. The van der Waals surface area contributed by atoms with Crippen molar-refractivity contribution < 1.29 is 19.4 Å². The van der Waals surface area contributed by atoms with Gasteiger partial charge in [0.2, 0.25) is 5.91 Å². The number of nitrogens with one attached hydrogen (secondary N) is 2. The minimum absolute atomic E-state index is 0.0944. The third-order valence-corrected chi connectivity index (χ3v) is 5.89. The number of amides is 2. The molecule has 0 unspecified atom stereocenters. The van der Waals surface area contributed by atoms with Crippen LogP contribution in [0.25, 0.3) is 11.4 Å². The summed E-state index contributed by atoms with van der Waals surface area (Å²) in [5.74, 6) is -0.481. The molecule has 1 atom stereocenters. The molecule has 1 aliphatic rings. The Hall–Kier alpha value is -4.08. The number of rotatable bonds is 6. The van der Waals surface area contributed by atoms with Crippen LogP contribution in [0.1, 0.15) is 31.4 Å².